The van der Waals surface area contributed by atoms with Crippen LogP contribution in [0.25, 0.3) is 0 Å². The number of benzene rings is 2. The predicted molar refractivity (Wildman–Crippen MR) is 91.7 cm³/mol. The molecule has 1 aliphatic heterocycles. The number of piperazine rings is 1. The standard InChI is InChI=1S/C19H22N2O2/c1-15-19(22)21(17-9-6-10-18(13-17)23-2)12-11-20(15)14-16-7-4-3-5-8-16/h3-10,13,15H,11-12,14H2,1-2H3. The Balaban J connectivity index is 1.73. The number of hydrogen-bond acceptors (Lipinski definition) is 3. The van der Waals surface area contributed by atoms with Gasteiger partial charge in [-0.2, -0.15) is 0 Å². The Morgan fingerprint density at radius 2 is 1.87 bits per heavy atom. The summed E-state index contributed by atoms with van der Waals surface area (Å²) in [6.45, 7) is 4.35. The van der Waals surface area contributed by atoms with E-state index in [0.29, 0.717) is 6.54 Å². The normalized spacial score (nSPS) is 19.0. The van der Waals surface area contributed by atoms with E-state index < -0.39 is 0 Å². The Bertz CT molecular complexity index is 672. The fourth-order valence-electron chi connectivity index (χ4n) is 2.98. The quantitative estimate of drug-likeness (QED) is 0.870. The number of ether oxygens (including phenoxy) is 1. The van der Waals surface area contributed by atoms with E-state index in [1.807, 2.05) is 54.3 Å². The number of anilines is 1. The number of rotatable bonds is 4. The highest BCUT2D eigenvalue weighted by atomic mass is 16.5. The molecule has 0 bridgehead atoms. The fourth-order valence-corrected chi connectivity index (χ4v) is 2.98. The van der Waals surface area contributed by atoms with Gasteiger partial charge in [0, 0.05) is 31.4 Å². The lowest BCUT2D eigenvalue weighted by Crippen LogP contribution is -2.55. The molecule has 0 aromatic heterocycles. The summed E-state index contributed by atoms with van der Waals surface area (Å²) in [5.74, 6) is 0.912. The zero-order valence-electron chi connectivity index (χ0n) is 13.6. The third kappa shape index (κ3) is 3.37. The van der Waals surface area contributed by atoms with Crippen molar-refractivity contribution in [1.29, 1.82) is 0 Å². The summed E-state index contributed by atoms with van der Waals surface area (Å²) >= 11 is 0. The van der Waals surface area contributed by atoms with Crippen molar-refractivity contribution in [2.45, 2.75) is 19.5 Å². The maximum absolute atomic E-state index is 12.8. The SMILES string of the molecule is COc1cccc(N2CCN(Cc3ccccc3)C(C)C2=O)c1. The summed E-state index contributed by atoms with van der Waals surface area (Å²) in [4.78, 5) is 16.9. The lowest BCUT2D eigenvalue weighted by Gasteiger charge is -2.39. The van der Waals surface area contributed by atoms with Gasteiger partial charge in [0.25, 0.3) is 0 Å². The first kappa shape index (κ1) is 15.6. The molecule has 23 heavy (non-hydrogen) atoms. The van der Waals surface area contributed by atoms with Crippen molar-refractivity contribution in [3.63, 3.8) is 0 Å². The van der Waals surface area contributed by atoms with Gasteiger partial charge in [-0.05, 0) is 24.6 Å². The summed E-state index contributed by atoms with van der Waals surface area (Å²) in [6.07, 6.45) is 0. The van der Waals surface area contributed by atoms with Gasteiger partial charge in [0.15, 0.2) is 0 Å². The monoisotopic (exact) mass is 310 g/mol. The molecule has 2 aromatic rings. The minimum absolute atomic E-state index is 0.129. The van der Waals surface area contributed by atoms with Crippen molar-refractivity contribution in [3.8, 4) is 5.75 Å². The van der Waals surface area contributed by atoms with E-state index in [4.69, 9.17) is 4.74 Å². The summed E-state index contributed by atoms with van der Waals surface area (Å²) in [6, 6.07) is 17.8. The highest BCUT2D eigenvalue weighted by Gasteiger charge is 2.32. The molecule has 1 unspecified atom stereocenters. The molecule has 1 heterocycles. The van der Waals surface area contributed by atoms with Crippen LogP contribution in [0.4, 0.5) is 5.69 Å². The summed E-state index contributed by atoms with van der Waals surface area (Å²) < 4.78 is 5.26. The number of carbonyl (C=O) groups is 1. The fraction of sp³-hybridized carbons (Fsp3) is 0.316. The maximum Gasteiger partial charge on any atom is 0.244 e. The van der Waals surface area contributed by atoms with Crippen LogP contribution in [0.1, 0.15) is 12.5 Å². The van der Waals surface area contributed by atoms with Crippen LogP contribution in [0.15, 0.2) is 54.6 Å². The highest BCUT2D eigenvalue weighted by molar-refractivity contribution is 5.97. The predicted octanol–water partition coefficient (Wildman–Crippen LogP) is 2.93. The third-order valence-corrected chi connectivity index (χ3v) is 4.38. The average Bonchev–Trinajstić information content (AvgIpc) is 2.60. The Kier molecular flexibility index (Phi) is 4.63. The highest BCUT2D eigenvalue weighted by Crippen LogP contribution is 2.25. The van der Waals surface area contributed by atoms with Crippen LogP contribution in [0.2, 0.25) is 0 Å². The van der Waals surface area contributed by atoms with E-state index in [1.165, 1.54) is 5.56 Å². The zero-order chi connectivity index (χ0) is 16.2. The number of nitrogens with zero attached hydrogens (tertiary/aromatic N) is 2. The molecular formula is C19H22N2O2. The molecular weight excluding hydrogens is 288 g/mol. The van der Waals surface area contributed by atoms with Crippen LogP contribution >= 0.6 is 0 Å². The second kappa shape index (κ2) is 6.84. The first-order chi connectivity index (χ1) is 11.2. The number of hydrogen-bond donors (Lipinski definition) is 0. The molecule has 120 valence electrons. The Hall–Kier alpha value is -2.33. The molecule has 2 aromatic carbocycles. The molecule has 1 atom stereocenters. The molecule has 0 radical (unpaired) electrons. The van der Waals surface area contributed by atoms with Crippen molar-refractivity contribution in [1.82, 2.24) is 4.90 Å². The summed E-state index contributed by atoms with van der Waals surface area (Å²) in [7, 11) is 1.64. The van der Waals surface area contributed by atoms with Gasteiger partial charge in [-0.25, -0.2) is 0 Å². The van der Waals surface area contributed by atoms with Crippen molar-refractivity contribution < 1.29 is 9.53 Å². The molecule has 3 rings (SSSR count). The van der Waals surface area contributed by atoms with Gasteiger partial charge in [0.2, 0.25) is 5.91 Å². The summed E-state index contributed by atoms with van der Waals surface area (Å²) in [5.41, 5.74) is 2.14. The molecule has 1 saturated heterocycles. The van der Waals surface area contributed by atoms with Crippen LogP contribution in [0.5, 0.6) is 5.75 Å². The molecule has 0 N–H and O–H groups in total. The lowest BCUT2D eigenvalue weighted by molar-refractivity contribution is -0.125. The van der Waals surface area contributed by atoms with E-state index >= 15 is 0 Å². The van der Waals surface area contributed by atoms with Gasteiger partial charge in [-0.1, -0.05) is 36.4 Å². The maximum atomic E-state index is 12.8. The largest absolute Gasteiger partial charge is 0.497 e. The van der Waals surface area contributed by atoms with E-state index in [0.717, 1.165) is 24.5 Å². The van der Waals surface area contributed by atoms with Crippen LogP contribution in [0, 0.1) is 0 Å². The Morgan fingerprint density at radius 3 is 2.61 bits per heavy atom. The van der Waals surface area contributed by atoms with Crippen molar-refractivity contribution in [3.05, 3.63) is 60.2 Å². The minimum Gasteiger partial charge on any atom is -0.497 e. The number of carbonyl (C=O) groups excluding carboxylic acids is 1. The zero-order valence-corrected chi connectivity index (χ0v) is 13.6. The molecule has 1 amide bonds. The Morgan fingerprint density at radius 1 is 1.09 bits per heavy atom. The first-order valence-corrected chi connectivity index (χ1v) is 7.92. The second-order valence-electron chi connectivity index (χ2n) is 5.82. The third-order valence-electron chi connectivity index (χ3n) is 4.38. The minimum atomic E-state index is -0.129. The molecule has 1 fully saturated rings. The van der Waals surface area contributed by atoms with Gasteiger partial charge in [-0.3, -0.25) is 9.69 Å². The van der Waals surface area contributed by atoms with Gasteiger partial charge < -0.3 is 9.64 Å². The molecule has 4 heteroatoms. The second-order valence-corrected chi connectivity index (χ2v) is 5.82. The first-order valence-electron chi connectivity index (χ1n) is 7.92. The van der Waals surface area contributed by atoms with E-state index in [1.54, 1.807) is 7.11 Å². The molecule has 0 spiro atoms. The van der Waals surface area contributed by atoms with Crippen LogP contribution in [0.3, 0.4) is 0 Å². The molecule has 0 aliphatic carbocycles. The van der Waals surface area contributed by atoms with Crippen LogP contribution in [-0.4, -0.2) is 37.0 Å². The van der Waals surface area contributed by atoms with Crippen LogP contribution in [-0.2, 0) is 11.3 Å². The molecule has 1 aliphatic rings. The van der Waals surface area contributed by atoms with Crippen molar-refractivity contribution in [2.75, 3.05) is 25.1 Å². The molecule has 4 nitrogen and oxygen atoms in total. The van der Waals surface area contributed by atoms with Crippen molar-refractivity contribution in [2.24, 2.45) is 0 Å². The number of amides is 1. The lowest BCUT2D eigenvalue weighted by atomic mass is 10.1. The van der Waals surface area contributed by atoms with E-state index in [2.05, 4.69) is 17.0 Å². The number of methoxy groups -OCH3 is 1. The smallest absolute Gasteiger partial charge is 0.244 e. The Labute approximate surface area is 137 Å². The van der Waals surface area contributed by atoms with Crippen molar-refractivity contribution >= 4 is 11.6 Å². The van der Waals surface area contributed by atoms with Gasteiger partial charge in [0.1, 0.15) is 5.75 Å². The summed E-state index contributed by atoms with van der Waals surface area (Å²) in [5, 5.41) is 0. The van der Waals surface area contributed by atoms with Crippen LogP contribution < -0.4 is 9.64 Å². The van der Waals surface area contributed by atoms with Gasteiger partial charge in [0.05, 0.1) is 13.2 Å². The molecule has 0 saturated carbocycles. The average molecular weight is 310 g/mol. The van der Waals surface area contributed by atoms with Gasteiger partial charge >= 0.3 is 0 Å². The topological polar surface area (TPSA) is 32.8 Å². The van der Waals surface area contributed by atoms with E-state index in [9.17, 15) is 4.79 Å². The van der Waals surface area contributed by atoms with Gasteiger partial charge in [-0.15, -0.1) is 0 Å². The van der Waals surface area contributed by atoms with E-state index in [-0.39, 0.29) is 11.9 Å².